The van der Waals surface area contributed by atoms with Crippen LogP contribution in [0.4, 0.5) is 0 Å². The van der Waals surface area contributed by atoms with Gasteiger partial charge in [0.15, 0.2) is 5.69 Å². The van der Waals surface area contributed by atoms with Gasteiger partial charge < -0.3 is 14.2 Å². The van der Waals surface area contributed by atoms with E-state index >= 15 is 0 Å². The quantitative estimate of drug-likeness (QED) is 0.614. The zero-order valence-corrected chi connectivity index (χ0v) is 17.0. The smallest absolute Gasteiger partial charge is 0.357 e. The van der Waals surface area contributed by atoms with Gasteiger partial charge in [-0.3, -0.25) is 0 Å². The zero-order valence-electron chi connectivity index (χ0n) is 17.0. The van der Waals surface area contributed by atoms with E-state index in [4.69, 9.17) is 14.2 Å². The lowest BCUT2D eigenvalue weighted by Crippen LogP contribution is -2.15. The summed E-state index contributed by atoms with van der Waals surface area (Å²) in [5, 5.41) is 4.61. The van der Waals surface area contributed by atoms with Crippen LogP contribution in [0.5, 0.6) is 5.75 Å². The fourth-order valence-electron chi connectivity index (χ4n) is 3.34. The maximum Gasteiger partial charge on any atom is 0.357 e. The molecule has 0 bridgehead atoms. The van der Waals surface area contributed by atoms with Gasteiger partial charge in [0.25, 0.3) is 0 Å². The van der Waals surface area contributed by atoms with Crippen LogP contribution in [0, 0.1) is 13.8 Å². The number of esters is 2. The molecule has 0 aliphatic heterocycles. The molecule has 0 unspecified atom stereocenters. The first-order chi connectivity index (χ1) is 13.9. The molecule has 0 fully saturated rings. The largest absolute Gasteiger partial charge is 0.496 e. The molecule has 0 saturated carbocycles. The van der Waals surface area contributed by atoms with Gasteiger partial charge >= 0.3 is 11.9 Å². The van der Waals surface area contributed by atoms with Crippen molar-refractivity contribution >= 4 is 11.9 Å². The summed E-state index contributed by atoms with van der Waals surface area (Å²) in [6, 6.07) is 12.9. The van der Waals surface area contributed by atoms with Crippen molar-refractivity contribution in [3.05, 3.63) is 64.8 Å². The Morgan fingerprint density at radius 2 is 1.59 bits per heavy atom. The van der Waals surface area contributed by atoms with Gasteiger partial charge in [-0.05, 0) is 43.2 Å². The van der Waals surface area contributed by atoms with Gasteiger partial charge in [-0.15, -0.1) is 0 Å². The van der Waals surface area contributed by atoms with Gasteiger partial charge in [-0.25, -0.2) is 14.3 Å². The monoisotopic (exact) mass is 394 g/mol. The molecule has 0 aliphatic carbocycles. The normalized spacial score (nSPS) is 10.5. The van der Waals surface area contributed by atoms with Crippen molar-refractivity contribution in [1.82, 2.24) is 9.78 Å². The van der Waals surface area contributed by atoms with E-state index in [0.717, 1.165) is 11.1 Å². The number of aryl methyl sites for hydroxylation is 2. The highest BCUT2D eigenvalue weighted by molar-refractivity contribution is 6.07. The number of methoxy groups -OCH3 is 3. The van der Waals surface area contributed by atoms with Crippen LogP contribution >= 0.6 is 0 Å². The second kappa shape index (κ2) is 8.18. The molecule has 3 aromatic rings. The molecule has 2 aromatic carbocycles. The summed E-state index contributed by atoms with van der Waals surface area (Å²) >= 11 is 0. The molecule has 7 nitrogen and oxygen atoms in total. The van der Waals surface area contributed by atoms with Crippen LogP contribution in [-0.4, -0.2) is 43.0 Å². The van der Waals surface area contributed by atoms with Gasteiger partial charge in [-0.1, -0.05) is 24.3 Å². The molecule has 0 spiro atoms. The van der Waals surface area contributed by atoms with Crippen LogP contribution in [0.1, 0.15) is 32.0 Å². The minimum Gasteiger partial charge on any atom is -0.496 e. The summed E-state index contributed by atoms with van der Waals surface area (Å²) < 4.78 is 16.9. The SMILES string of the molecule is COC(=O)c1c(-c2cc(C)cc(C)c2OC)nn(-c2ccccc2)c1C(=O)OC. The fraction of sp³-hybridized carbons (Fsp3) is 0.227. The van der Waals surface area contributed by atoms with Gasteiger partial charge in [0.2, 0.25) is 0 Å². The number of ether oxygens (including phenoxy) is 3. The van der Waals surface area contributed by atoms with Crippen molar-refractivity contribution in [2.24, 2.45) is 0 Å². The van der Waals surface area contributed by atoms with Crippen LogP contribution in [0.15, 0.2) is 42.5 Å². The minimum atomic E-state index is -0.698. The highest BCUT2D eigenvalue weighted by Crippen LogP contribution is 2.37. The van der Waals surface area contributed by atoms with Gasteiger partial charge in [0.05, 0.1) is 27.0 Å². The third-order valence-corrected chi connectivity index (χ3v) is 4.53. The van der Waals surface area contributed by atoms with Gasteiger partial charge in [0, 0.05) is 5.56 Å². The van der Waals surface area contributed by atoms with E-state index in [2.05, 4.69) is 5.10 Å². The van der Waals surface area contributed by atoms with Crippen molar-refractivity contribution in [3.8, 4) is 22.7 Å². The van der Waals surface area contributed by atoms with E-state index in [9.17, 15) is 9.59 Å². The molecule has 0 radical (unpaired) electrons. The van der Waals surface area contributed by atoms with E-state index < -0.39 is 11.9 Å². The Labute approximate surface area is 168 Å². The first kappa shape index (κ1) is 20.1. The highest BCUT2D eigenvalue weighted by Gasteiger charge is 2.32. The average Bonchev–Trinajstić information content (AvgIpc) is 3.13. The molecule has 0 aliphatic rings. The minimum absolute atomic E-state index is 0.0123. The Morgan fingerprint density at radius 1 is 0.931 bits per heavy atom. The average molecular weight is 394 g/mol. The second-order valence-electron chi connectivity index (χ2n) is 6.47. The lowest BCUT2D eigenvalue weighted by atomic mass is 9.99. The van der Waals surface area contributed by atoms with Crippen molar-refractivity contribution in [3.63, 3.8) is 0 Å². The van der Waals surface area contributed by atoms with E-state index in [1.165, 1.54) is 18.9 Å². The molecule has 7 heteroatoms. The molecule has 1 heterocycles. The number of carbonyl (C=O) groups is 2. The Morgan fingerprint density at radius 3 is 2.17 bits per heavy atom. The number of hydrogen-bond donors (Lipinski definition) is 0. The number of benzene rings is 2. The van der Waals surface area contributed by atoms with Crippen molar-refractivity contribution in [2.45, 2.75) is 13.8 Å². The van der Waals surface area contributed by atoms with Crippen molar-refractivity contribution in [1.29, 1.82) is 0 Å². The zero-order chi connectivity index (χ0) is 21.1. The van der Waals surface area contributed by atoms with Crippen LogP contribution < -0.4 is 4.74 Å². The molecule has 1 aromatic heterocycles. The topological polar surface area (TPSA) is 79.7 Å². The van der Waals surface area contributed by atoms with E-state index in [1.807, 2.05) is 44.2 Å². The van der Waals surface area contributed by atoms with Crippen LogP contribution in [0.2, 0.25) is 0 Å². The van der Waals surface area contributed by atoms with Crippen LogP contribution in [0.25, 0.3) is 16.9 Å². The molecule has 0 amide bonds. The lowest BCUT2D eigenvalue weighted by Gasteiger charge is -2.12. The summed E-state index contributed by atoms with van der Waals surface area (Å²) in [5.41, 5.74) is 3.33. The second-order valence-corrected chi connectivity index (χ2v) is 6.47. The van der Waals surface area contributed by atoms with Crippen LogP contribution in [-0.2, 0) is 9.47 Å². The molecular formula is C22H22N2O5. The predicted molar refractivity (Wildman–Crippen MR) is 108 cm³/mol. The number of nitrogens with zero attached hydrogens (tertiary/aromatic N) is 2. The first-order valence-corrected chi connectivity index (χ1v) is 8.93. The number of carbonyl (C=O) groups excluding carboxylic acids is 2. The van der Waals surface area contributed by atoms with Gasteiger partial charge in [0.1, 0.15) is 17.0 Å². The number of hydrogen-bond acceptors (Lipinski definition) is 6. The molecule has 3 rings (SSSR count). The maximum absolute atomic E-state index is 12.7. The Bertz CT molecular complexity index is 1070. The van der Waals surface area contributed by atoms with Crippen LogP contribution in [0.3, 0.4) is 0 Å². The van der Waals surface area contributed by atoms with Crippen molar-refractivity contribution in [2.75, 3.05) is 21.3 Å². The number of aromatic nitrogens is 2. The van der Waals surface area contributed by atoms with Gasteiger partial charge in [-0.2, -0.15) is 5.10 Å². The third kappa shape index (κ3) is 3.59. The third-order valence-electron chi connectivity index (χ3n) is 4.53. The maximum atomic E-state index is 12.7. The Kier molecular flexibility index (Phi) is 5.68. The molecule has 150 valence electrons. The van der Waals surface area contributed by atoms with Crippen molar-refractivity contribution < 1.29 is 23.8 Å². The number of rotatable bonds is 5. The van der Waals surface area contributed by atoms with E-state index in [0.29, 0.717) is 17.0 Å². The first-order valence-electron chi connectivity index (χ1n) is 8.93. The highest BCUT2D eigenvalue weighted by atomic mass is 16.5. The summed E-state index contributed by atoms with van der Waals surface area (Å²) in [7, 11) is 4.06. The van der Waals surface area contributed by atoms with E-state index in [1.54, 1.807) is 19.2 Å². The molecule has 0 N–H and O–H groups in total. The summed E-state index contributed by atoms with van der Waals surface area (Å²) in [6.45, 7) is 3.84. The summed E-state index contributed by atoms with van der Waals surface area (Å²) in [5.74, 6) is -0.824. The fourth-order valence-corrected chi connectivity index (χ4v) is 3.34. The lowest BCUT2D eigenvalue weighted by molar-refractivity contribution is 0.0549. The summed E-state index contributed by atoms with van der Waals surface area (Å²) in [4.78, 5) is 25.4. The molecule has 0 saturated heterocycles. The molecule has 29 heavy (non-hydrogen) atoms. The summed E-state index contributed by atoms with van der Waals surface area (Å²) in [6.07, 6.45) is 0. The molecule has 0 atom stereocenters. The molecular weight excluding hydrogens is 372 g/mol. The van der Waals surface area contributed by atoms with E-state index in [-0.39, 0.29) is 17.0 Å². The predicted octanol–water partition coefficient (Wildman–Crippen LogP) is 3.74. The Balaban J connectivity index is 2.44. The Hall–Kier alpha value is -3.61. The number of para-hydroxylation sites is 1. The standard InChI is InChI=1S/C22H22N2O5/c1-13-11-14(2)20(27-3)16(12-13)18-17(21(25)28-4)19(22(26)29-5)24(23-18)15-9-7-6-8-10-15/h6-12H,1-5H3.